The molecule has 6 nitrogen and oxygen atoms in total. The topological polar surface area (TPSA) is 73.3 Å². The standard InChI is InChI=1S/C21H19N3O3/c1-21(20(25)24-15-8-9-18(26-2)23-13-15)12-17-16(10-11-22-19(17)27-21)14-6-4-3-5-7-14/h3-11,13H,12H2,1-2H3,(H,24,25). The molecule has 2 aromatic heterocycles. The molecule has 1 aliphatic heterocycles. The van der Waals surface area contributed by atoms with Crippen molar-refractivity contribution in [2.75, 3.05) is 12.4 Å². The van der Waals surface area contributed by atoms with Crippen molar-refractivity contribution in [3.8, 4) is 22.9 Å². The lowest BCUT2D eigenvalue weighted by molar-refractivity contribution is -0.128. The van der Waals surface area contributed by atoms with Gasteiger partial charge in [0.2, 0.25) is 11.8 Å². The fourth-order valence-electron chi connectivity index (χ4n) is 3.17. The van der Waals surface area contributed by atoms with E-state index in [-0.39, 0.29) is 5.91 Å². The van der Waals surface area contributed by atoms with Crippen LogP contribution in [0, 0.1) is 0 Å². The molecular formula is C21H19N3O3. The van der Waals surface area contributed by atoms with Crippen LogP contribution in [0.15, 0.2) is 60.9 Å². The molecule has 136 valence electrons. The van der Waals surface area contributed by atoms with Crippen molar-refractivity contribution >= 4 is 11.6 Å². The SMILES string of the molecule is COc1ccc(NC(=O)C2(C)Cc3c(-c4ccccc4)ccnc3O2)cn1. The lowest BCUT2D eigenvalue weighted by Crippen LogP contribution is -2.44. The Labute approximate surface area is 157 Å². The molecule has 3 aromatic rings. The average molecular weight is 361 g/mol. The van der Waals surface area contributed by atoms with Crippen molar-refractivity contribution in [1.29, 1.82) is 0 Å². The highest BCUT2D eigenvalue weighted by molar-refractivity contribution is 5.98. The highest BCUT2D eigenvalue weighted by atomic mass is 16.5. The molecule has 1 unspecified atom stereocenters. The van der Waals surface area contributed by atoms with Crippen molar-refractivity contribution in [2.24, 2.45) is 0 Å². The Bertz CT molecular complexity index is 974. The van der Waals surface area contributed by atoms with Crippen molar-refractivity contribution in [1.82, 2.24) is 9.97 Å². The predicted molar refractivity (Wildman–Crippen MR) is 102 cm³/mol. The number of aromatic nitrogens is 2. The molecule has 4 rings (SSSR count). The van der Waals surface area contributed by atoms with Crippen LogP contribution >= 0.6 is 0 Å². The van der Waals surface area contributed by atoms with Crippen LogP contribution in [-0.4, -0.2) is 28.6 Å². The van der Waals surface area contributed by atoms with Crippen LogP contribution < -0.4 is 14.8 Å². The molecule has 0 aliphatic carbocycles. The minimum absolute atomic E-state index is 0.244. The van der Waals surface area contributed by atoms with Gasteiger partial charge in [-0.1, -0.05) is 30.3 Å². The van der Waals surface area contributed by atoms with E-state index >= 15 is 0 Å². The van der Waals surface area contributed by atoms with Crippen LogP contribution in [0.2, 0.25) is 0 Å². The Kier molecular flexibility index (Phi) is 4.24. The number of pyridine rings is 2. The summed E-state index contributed by atoms with van der Waals surface area (Å²) in [4.78, 5) is 21.3. The van der Waals surface area contributed by atoms with Crippen molar-refractivity contribution < 1.29 is 14.3 Å². The van der Waals surface area contributed by atoms with Crippen LogP contribution in [0.1, 0.15) is 12.5 Å². The Balaban J connectivity index is 1.58. The molecule has 1 atom stereocenters. The van der Waals surface area contributed by atoms with Gasteiger partial charge in [0.25, 0.3) is 5.91 Å². The fraction of sp³-hybridized carbons (Fsp3) is 0.190. The summed E-state index contributed by atoms with van der Waals surface area (Å²) in [7, 11) is 1.54. The normalized spacial score (nSPS) is 17.7. The van der Waals surface area contributed by atoms with Gasteiger partial charge in [0.05, 0.1) is 19.0 Å². The number of hydrogen-bond donors (Lipinski definition) is 1. The highest BCUT2D eigenvalue weighted by Crippen LogP contribution is 2.39. The number of methoxy groups -OCH3 is 1. The first kappa shape index (κ1) is 17.0. The summed E-state index contributed by atoms with van der Waals surface area (Å²) in [6.45, 7) is 1.77. The number of hydrogen-bond acceptors (Lipinski definition) is 5. The molecule has 1 amide bonds. The van der Waals surface area contributed by atoms with Gasteiger partial charge in [-0.15, -0.1) is 0 Å². The molecule has 6 heteroatoms. The monoisotopic (exact) mass is 361 g/mol. The first-order valence-corrected chi connectivity index (χ1v) is 8.63. The summed E-state index contributed by atoms with van der Waals surface area (Å²) in [6.07, 6.45) is 3.70. The molecule has 1 aliphatic rings. The zero-order valence-electron chi connectivity index (χ0n) is 15.1. The third kappa shape index (κ3) is 3.21. The molecule has 27 heavy (non-hydrogen) atoms. The first-order chi connectivity index (χ1) is 13.1. The van der Waals surface area contributed by atoms with Crippen molar-refractivity contribution in [3.05, 3.63) is 66.5 Å². The summed E-state index contributed by atoms with van der Waals surface area (Å²) >= 11 is 0. The largest absolute Gasteiger partial charge is 0.481 e. The Morgan fingerprint density at radius 2 is 1.96 bits per heavy atom. The summed E-state index contributed by atoms with van der Waals surface area (Å²) in [6, 6.07) is 15.4. The molecule has 0 spiro atoms. The zero-order chi connectivity index (χ0) is 18.9. The molecule has 3 heterocycles. The van der Waals surface area contributed by atoms with Crippen LogP contribution in [0.3, 0.4) is 0 Å². The van der Waals surface area contributed by atoms with E-state index in [1.807, 2.05) is 36.4 Å². The number of rotatable bonds is 4. The molecule has 0 bridgehead atoms. The summed E-state index contributed by atoms with van der Waals surface area (Å²) in [5.74, 6) is 0.744. The van der Waals surface area contributed by atoms with Crippen LogP contribution in [0.25, 0.3) is 11.1 Å². The van der Waals surface area contributed by atoms with Crippen LogP contribution in [0.4, 0.5) is 5.69 Å². The number of nitrogens with zero attached hydrogens (tertiary/aromatic N) is 2. The maximum atomic E-state index is 12.9. The fourth-order valence-corrected chi connectivity index (χ4v) is 3.17. The smallest absolute Gasteiger partial charge is 0.268 e. The molecule has 0 saturated carbocycles. The number of amides is 1. The lowest BCUT2D eigenvalue weighted by Gasteiger charge is -2.22. The first-order valence-electron chi connectivity index (χ1n) is 8.63. The Morgan fingerprint density at radius 1 is 1.15 bits per heavy atom. The number of nitrogens with one attached hydrogen (secondary N) is 1. The third-order valence-corrected chi connectivity index (χ3v) is 4.62. The van der Waals surface area contributed by atoms with Crippen LogP contribution in [-0.2, 0) is 11.2 Å². The quantitative estimate of drug-likeness (QED) is 0.770. The lowest BCUT2D eigenvalue weighted by atomic mass is 9.93. The van der Waals surface area contributed by atoms with E-state index < -0.39 is 5.60 Å². The van der Waals surface area contributed by atoms with Gasteiger partial charge >= 0.3 is 0 Å². The van der Waals surface area contributed by atoms with Gasteiger partial charge in [0, 0.05) is 24.2 Å². The predicted octanol–water partition coefficient (Wildman–Crippen LogP) is 3.48. The van der Waals surface area contributed by atoms with Gasteiger partial charge in [0.1, 0.15) is 0 Å². The summed E-state index contributed by atoms with van der Waals surface area (Å²) in [5.41, 5.74) is 2.58. The maximum absolute atomic E-state index is 12.9. The number of ether oxygens (including phenoxy) is 2. The molecule has 1 aromatic carbocycles. The van der Waals surface area contributed by atoms with E-state index in [2.05, 4.69) is 15.3 Å². The molecule has 0 radical (unpaired) electrons. The number of fused-ring (bicyclic) bond motifs is 1. The second kappa shape index (κ2) is 6.72. The second-order valence-corrected chi connectivity index (χ2v) is 6.56. The summed E-state index contributed by atoms with van der Waals surface area (Å²) < 4.78 is 11.0. The second-order valence-electron chi connectivity index (χ2n) is 6.56. The number of benzene rings is 1. The molecule has 0 saturated heterocycles. The van der Waals surface area contributed by atoms with Crippen molar-refractivity contribution in [3.63, 3.8) is 0 Å². The Hall–Kier alpha value is -3.41. The molecular weight excluding hydrogens is 342 g/mol. The van der Waals surface area contributed by atoms with Gasteiger partial charge in [-0.05, 0) is 30.2 Å². The third-order valence-electron chi connectivity index (χ3n) is 4.62. The minimum Gasteiger partial charge on any atom is -0.481 e. The van der Waals surface area contributed by atoms with Gasteiger partial charge in [-0.2, -0.15) is 0 Å². The summed E-state index contributed by atoms with van der Waals surface area (Å²) in [5, 5.41) is 2.86. The zero-order valence-corrected chi connectivity index (χ0v) is 15.1. The van der Waals surface area contributed by atoms with E-state index in [1.165, 1.54) is 0 Å². The number of anilines is 1. The van der Waals surface area contributed by atoms with Gasteiger partial charge in [0.15, 0.2) is 5.60 Å². The number of carbonyl (C=O) groups is 1. The van der Waals surface area contributed by atoms with E-state index in [1.54, 1.807) is 38.6 Å². The minimum atomic E-state index is -1.04. The van der Waals surface area contributed by atoms with E-state index in [0.717, 1.165) is 16.7 Å². The number of carbonyl (C=O) groups excluding carboxylic acids is 1. The highest BCUT2D eigenvalue weighted by Gasteiger charge is 2.43. The Morgan fingerprint density at radius 3 is 2.67 bits per heavy atom. The van der Waals surface area contributed by atoms with Gasteiger partial charge < -0.3 is 14.8 Å². The van der Waals surface area contributed by atoms with Gasteiger partial charge in [-0.3, -0.25) is 4.79 Å². The maximum Gasteiger partial charge on any atom is 0.268 e. The molecule has 1 N–H and O–H groups in total. The van der Waals surface area contributed by atoms with Crippen molar-refractivity contribution in [2.45, 2.75) is 18.9 Å². The molecule has 0 fully saturated rings. The van der Waals surface area contributed by atoms with Gasteiger partial charge in [-0.25, -0.2) is 9.97 Å². The van der Waals surface area contributed by atoms with E-state index in [4.69, 9.17) is 9.47 Å². The van der Waals surface area contributed by atoms with Crippen LogP contribution in [0.5, 0.6) is 11.8 Å². The average Bonchev–Trinajstić information content (AvgIpc) is 3.07. The van der Waals surface area contributed by atoms with E-state index in [9.17, 15) is 4.79 Å². The van der Waals surface area contributed by atoms with E-state index in [0.29, 0.717) is 23.9 Å².